The van der Waals surface area contributed by atoms with Gasteiger partial charge in [0.1, 0.15) is 0 Å². The Balaban J connectivity index is 2.04. The first-order valence-corrected chi connectivity index (χ1v) is 6.96. The Morgan fingerprint density at radius 3 is 2.13 bits per heavy atom. The van der Waals surface area contributed by atoms with Gasteiger partial charge in [-0.15, -0.1) is 0 Å². The number of benzene rings is 2. The molecule has 0 aliphatic heterocycles. The number of imide groups is 1. The molecule has 0 bridgehead atoms. The molecule has 0 saturated heterocycles. The first-order valence-electron chi connectivity index (χ1n) is 6.96. The minimum Gasteiger partial charge on any atom is -0.398 e. The molecule has 0 unspecified atom stereocenters. The van der Waals surface area contributed by atoms with E-state index in [-0.39, 0.29) is 11.3 Å². The van der Waals surface area contributed by atoms with Gasteiger partial charge in [-0.3, -0.25) is 19.7 Å². The van der Waals surface area contributed by atoms with Gasteiger partial charge in [0.25, 0.3) is 5.91 Å². The Morgan fingerprint density at radius 2 is 1.52 bits per heavy atom. The number of nitrogen functional groups attached to an aromatic ring is 1. The maximum absolute atomic E-state index is 11.9. The van der Waals surface area contributed by atoms with Crippen molar-refractivity contribution in [3.63, 3.8) is 0 Å². The molecule has 0 fully saturated rings. The summed E-state index contributed by atoms with van der Waals surface area (Å²) in [6.07, 6.45) is 0. The highest BCUT2D eigenvalue weighted by Crippen LogP contribution is 2.14. The third-order valence-corrected chi connectivity index (χ3v) is 3.12. The number of hydrogen-bond donors (Lipinski definition) is 3. The largest absolute Gasteiger partial charge is 0.398 e. The van der Waals surface area contributed by atoms with Gasteiger partial charge in [-0.05, 0) is 49.2 Å². The molecular weight excluding hydrogens is 294 g/mol. The smallest absolute Gasteiger partial charge is 0.316 e. The van der Waals surface area contributed by atoms with Crippen LogP contribution in [0.15, 0.2) is 42.5 Å². The second-order valence-electron chi connectivity index (χ2n) is 5.20. The van der Waals surface area contributed by atoms with Crippen molar-refractivity contribution in [1.82, 2.24) is 5.32 Å². The summed E-state index contributed by atoms with van der Waals surface area (Å²) in [5.74, 6) is -2.68. The zero-order valence-electron chi connectivity index (χ0n) is 12.8. The van der Waals surface area contributed by atoms with E-state index in [1.807, 2.05) is 25.2 Å². The van der Waals surface area contributed by atoms with E-state index in [1.165, 1.54) is 12.1 Å². The minimum absolute atomic E-state index is 0.139. The standard InChI is InChI=1S/C17H17N3O3/c1-10-7-11(2)9-12(8-10)19-16(22)17(23)20-15(21)13-5-3-4-6-14(13)18/h3-9H,18H2,1-2H3,(H,19,22)(H,20,21,23). The molecule has 2 rings (SSSR count). The highest BCUT2D eigenvalue weighted by Gasteiger charge is 2.19. The molecule has 6 heteroatoms. The molecule has 6 nitrogen and oxygen atoms in total. The Hall–Kier alpha value is -3.15. The van der Waals surface area contributed by atoms with Crippen LogP contribution in [0, 0.1) is 13.8 Å². The number of carbonyl (C=O) groups excluding carboxylic acids is 3. The Morgan fingerprint density at radius 1 is 0.913 bits per heavy atom. The molecule has 0 atom stereocenters. The van der Waals surface area contributed by atoms with Gasteiger partial charge in [0, 0.05) is 11.4 Å². The molecule has 2 aromatic carbocycles. The Labute approximate surface area is 133 Å². The molecule has 0 saturated carbocycles. The van der Waals surface area contributed by atoms with Crippen LogP contribution < -0.4 is 16.4 Å². The van der Waals surface area contributed by atoms with Crippen molar-refractivity contribution in [2.75, 3.05) is 11.1 Å². The number of anilines is 2. The normalized spacial score (nSPS) is 10.0. The lowest BCUT2D eigenvalue weighted by atomic mass is 10.1. The number of rotatable bonds is 2. The molecular formula is C17H17N3O3. The molecule has 2 aromatic rings. The maximum Gasteiger partial charge on any atom is 0.316 e. The van der Waals surface area contributed by atoms with E-state index in [0.717, 1.165) is 11.1 Å². The molecule has 3 amide bonds. The summed E-state index contributed by atoms with van der Waals surface area (Å²) in [5, 5.41) is 4.48. The van der Waals surface area contributed by atoms with Crippen LogP contribution >= 0.6 is 0 Å². The summed E-state index contributed by atoms with van der Waals surface area (Å²) in [5.41, 5.74) is 8.43. The Bertz CT molecular complexity index is 764. The fourth-order valence-corrected chi connectivity index (χ4v) is 2.17. The maximum atomic E-state index is 11.9. The number of nitrogens with two attached hydrogens (primary N) is 1. The molecule has 23 heavy (non-hydrogen) atoms. The first-order chi connectivity index (χ1) is 10.9. The van der Waals surface area contributed by atoms with Crippen LogP contribution in [0.25, 0.3) is 0 Å². The van der Waals surface area contributed by atoms with Crippen molar-refractivity contribution in [2.24, 2.45) is 0 Å². The summed E-state index contributed by atoms with van der Waals surface area (Å²) in [4.78, 5) is 35.7. The van der Waals surface area contributed by atoms with Crippen LogP contribution in [0.1, 0.15) is 21.5 Å². The third kappa shape index (κ3) is 4.16. The number of amides is 3. The molecule has 0 radical (unpaired) electrons. The average Bonchev–Trinajstić information content (AvgIpc) is 2.46. The quantitative estimate of drug-likeness (QED) is 0.581. The topological polar surface area (TPSA) is 101 Å². The summed E-state index contributed by atoms with van der Waals surface area (Å²) >= 11 is 0. The van der Waals surface area contributed by atoms with Crippen LogP contribution in [0.3, 0.4) is 0 Å². The van der Waals surface area contributed by atoms with Crippen molar-refractivity contribution < 1.29 is 14.4 Å². The zero-order valence-corrected chi connectivity index (χ0v) is 12.8. The van der Waals surface area contributed by atoms with Gasteiger partial charge in [-0.2, -0.15) is 0 Å². The zero-order chi connectivity index (χ0) is 17.0. The van der Waals surface area contributed by atoms with Gasteiger partial charge < -0.3 is 11.1 Å². The summed E-state index contributed by atoms with van der Waals surface area (Å²) in [6, 6.07) is 11.7. The lowest BCUT2D eigenvalue weighted by Crippen LogP contribution is -2.39. The SMILES string of the molecule is Cc1cc(C)cc(NC(=O)C(=O)NC(=O)c2ccccc2N)c1. The number of carbonyl (C=O) groups is 3. The molecule has 118 valence electrons. The number of para-hydroxylation sites is 1. The van der Waals surface area contributed by atoms with Gasteiger partial charge >= 0.3 is 11.8 Å². The number of hydrogen-bond acceptors (Lipinski definition) is 4. The van der Waals surface area contributed by atoms with Crippen LogP contribution in [-0.4, -0.2) is 17.7 Å². The Kier molecular flexibility index (Phi) is 4.75. The van der Waals surface area contributed by atoms with E-state index in [4.69, 9.17) is 5.73 Å². The summed E-state index contributed by atoms with van der Waals surface area (Å²) in [7, 11) is 0. The second-order valence-corrected chi connectivity index (χ2v) is 5.20. The van der Waals surface area contributed by atoms with Crippen molar-refractivity contribution in [1.29, 1.82) is 0 Å². The first kappa shape index (κ1) is 16.2. The van der Waals surface area contributed by atoms with Gasteiger partial charge in [0.05, 0.1) is 5.56 Å². The van der Waals surface area contributed by atoms with Crippen molar-refractivity contribution in [3.05, 3.63) is 59.2 Å². The highest BCUT2D eigenvalue weighted by molar-refractivity contribution is 6.42. The van der Waals surface area contributed by atoms with Gasteiger partial charge in [0.2, 0.25) is 0 Å². The van der Waals surface area contributed by atoms with Crippen molar-refractivity contribution in [2.45, 2.75) is 13.8 Å². The summed E-state index contributed by atoms with van der Waals surface area (Å²) in [6.45, 7) is 3.76. The minimum atomic E-state index is -1.04. The second kappa shape index (κ2) is 6.74. The van der Waals surface area contributed by atoms with Crippen LogP contribution in [-0.2, 0) is 9.59 Å². The molecule has 0 heterocycles. The van der Waals surface area contributed by atoms with Gasteiger partial charge in [-0.1, -0.05) is 18.2 Å². The average molecular weight is 311 g/mol. The van der Waals surface area contributed by atoms with Crippen LogP contribution in [0.2, 0.25) is 0 Å². The molecule has 0 aromatic heterocycles. The van der Waals surface area contributed by atoms with Gasteiger partial charge in [-0.25, -0.2) is 0 Å². The van der Waals surface area contributed by atoms with Crippen molar-refractivity contribution >= 4 is 29.1 Å². The predicted molar refractivity (Wildman–Crippen MR) is 87.9 cm³/mol. The molecule has 0 aliphatic carbocycles. The van der Waals surface area contributed by atoms with Crippen LogP contribution in [0.4, 0.5) is 11.4 Å². The van der Waals surface area contributed by atoms with Crippen LogP contribution in [0.5, 0.6) is 0 Å². The van der Waals surface area contributed by atoms with E-state index in [9.17, 15) is 14.4 Å². The lowest BCUT2D eigenvalue weighted by molar-refractivity contribution is -0.135. The van der Waals surface area contributed by atoms with E-state index >= 15 is 0 Å². The lowest BCUT2D eigenvalue weighted by Gasteiger charge is -2.08. The third-order valence-electron chi connectivity index (χ3n) is 3.12. The van der Waals surface area contributed by atoms with E-state index in [0.29, 0.717) is 5.69 Å². The number of nitrogens with one attached hydrogen (secondary N) is 2. The molecule has 4 N–H and O–H groups in total. The summed E-state index contributed by atoms with van der Waals surface area (Å²) < 4.78 is 0. The molecule has 0 spiro atoms. The van der Waals surface area contributed by atoms with E-state index in [1.54, 1.807) is 24.3 Å². The predicted octanol–water partition coefficient (Wildman–Crippen LogP) is 1.78. The fourth-order valence-electron chi connectivity index (χ4n) is 2.17. The monoisotopic (exact) mass is 311 g/mol. The van der Waals surface area contributed by atoms with E-state index < -0.39 is 17.7 Å². The highest BCUT2D eigenvalue weighted by atomic mass is 16.2. The van der Waals surface area contributed by atoms with Gasteiger partial charge in [0.15, 0.2) is 0 Å². The van der Waals surface area contributed by atoms with Crippen molar-refractivity contribution in [3.8, 4) is 0 Å². The molecule has 0 aliphatic rings. The van der Waals surface area contributed by atoms with E-state index in [2.05, 4.69) is 5.32 Å². The number of aryl methyl sites for hydroxylation is 2. The fraction of sp³-hybridized carbons (Fsp3) is 0.118.